The van der Waals surface area contributed by atoms with Gasteiger partial charge in [-0.15, -0.1) is 0 Å². The topological polar surface area (TPSA) is 23.8 Å². The molecule has 0 unspecified atom stereocenters. The Morgan fingerprint density at radius 1 is 0.864 bits per heavy atom. The lowest BCUT2D eigenvalue weighted by atomic mass is 9.68. The minimum absolute atomic E-state index is 0.0379. The number of unbranched alkanes of at least 4 members (excludes halogenated alkanes) is 2. The van der Waals surface area contributed by atoms with E-state index in [2.05, 4.69) is 74.6 Å². The molecule has 22 heavy (non-hydrogen) atoms. The van der Waals surface area contributed by atoms with Gasteiger partial charge in [0.2, 0.25) is 0 Å². The Balaban J connectivity index is 2.31. The summed E-state index contributed by atoms with van der Waals surface area (Å²) < 4.78 is 0. The first-order valence-electron chi connectivity index (χ1n) is 8.58. The van der Waals surface area contributed by atoms with E-state index in [9.17, 15) is 5.26 Å². The normalized spacial score (nSPS) is 26.8. The molecule has 1 aliphatic carbocycles. The third kappa shape index (κ3) is 3.50. The van der Waals surface area contributed by atoms with Gasteiger partial charge in [-0.2, -0.15) is 5.26 Å². The van der Waals surface area contributed by atoms with E-state index in [4.69, 9.17) is 0 Å². The van der Waals surface area contributed by atoms with Gasteiger partial charge in [-0.1, -0.05) is 94.2 Å². The number of rotatable bonds is 7. The van der Waals surface area contributed by atoms with E-state index < -0.39 is 5.41 Å². The minimum Gasteiger partial charge on any atom is -0.197 e. The number of allylic oxidation sites excluding steroid dienone is 4. The van der Waals surface area contributed by atoms with E-state index in [1.807, 2.05) is 0 Å². The summed E-state index contributed by atoms with van der Waals surface area (Å²) in [5.41, 5.74) is 0.891. The van der Waals surface area contributed by atoms with Crippen LogP contribution >= 0.6 is 0 Å². The molecule has 1 aromatic rings. The van der Waals surface area contributed by atoms with Gasteiger partial charge in [0.15, 0.2) is 0 Å². The van der Waals surface area contributed by atoms with Crippen LogP contribution in [0.1, 0.15) is 57.9 Å². The van der Waals surface area contributed by atoms with Crippen molar-refractivity contribution in [1.29, 1.82) is 5.26 Å². The number of hydrogen-bond acceptors (Lipinski definition) is 1. The molecule has 1 aliphatic rings. The molecule has 0 radical (unpaired) electrons. The van der Waals surface area contributed by atoms with Crippen molar-refractivity contribution in [3.05, 3.63) is 60.2 Å². The Morgan fingerprint density at radius 2 is 1.45 bits per heavy atom. The predicted molar refractivity (Wildman–Crippen MR) is 93.5 cm³/mol. The molecule has 0 fully saturated rings. The van der Waals surface area contributed by atoms with E-state index >= 15 is 0 Å². The zero-order valence-electron chi connectivity index (χ0n) is 13.9. The Bertz CT molecular complexity index is 545. The van der Waals surface area contributed by atoms with E-state index in [0.717, 1.165) is 25.7 Å². The number of nitriles is 1. The van der Waals surface area contributed by atoms with E-state index in [1.54, 1.807) is 0 Å². The fourth-order valence-electron chi connectivity index (χ4n) is 3.19. The van der Waals surface area contributed by atoms with Crippen molar-refractivity contribution in [2.75, 3.05) is 0 Å². The van der Waals surface area contributed by atoms with Gasteiger partial charge in [-0.3, -0.25) is 0 Å². The summed E-state index contributed by atoms with van der Waals surface area (Å²) in [5.74, 6) is 0. The quantitative estimate of drug-likeness (QED) is 0.571. The van der Waals surface area contributed by atoms with E-state index in [-0.39, 0.29) is 5.41 Å². The standard InChI is InChI=1S/C21H27N/c1-3-5-12-20(18-22)14-16-21(17-15-20,13-6-4-2)19-10-8-7-9-11-19/h7-11,14-17H,3-6,12-13H2,1-2H3. The summed E-state index contributed by atoms with van der Waals surface area (Å²) in [7, 11) is 0. The maximum Gasteiger partial charge on any atom is 0.0934 e. The molecule has 0 spiro atoms. The first-order chi connectivity index (χ1) is 10.7. The molecule has 0 saturated carbocycles. The van der Waals surface area contributed by atoms with Crippen LogP contribution in [0.25, 0.3) is 0 Å². The third-order valence-electron chi connectivity index (χ3n) is 4.76. The van der Waals surface area contributed by atoms with Crippen molar-refractivity contribution in [3.8, 4) is 6.07 Å². The lowest BCUT2D eigenvalue weighted by molar-refractivity contribution is 0.493. The summed E-state index contributed by atoms with van der Waals surface area (Å²) in [6, 6.07) is 13.2. The van der Waals surface area contributed by atoms with Gasteiger partial charge in [-0.05, 0) is 18.4 Å². The Morgan fingerprint density at radius 3 is 2.00 bits per heavy atom. The third-order valence-corrected chi connectivity index (χ3v) is 4.76. The lowest BCUT2D eigenvalue weighted by Crippen LogP contribution is -2.27. The zero-order valence-corrected chi connectivity index (χ0v) is 13.9. The van der Waals surface area contributed by atoms with Crippen molar-refractivity contribution in [3.63, 3.8) is 0 Å². The van der Waals surface area contributed by atoms with Gasteiger partial charge >= 0.3 is 0 Å². The Hall–Kier alpha value is -1.81. The molecule has 0 aromatic heterocycles. The molecule has 0 heterocycles. The lowest BCUT2D eigenvalue weighted by Gasteiger charge is -2.34. The Kier molecular flexibility index (Phi) is 5.61. The van der Waals surface area contributed by atoms with Crippen LogP contribution in [0.15, 0.2) is 54.6 Å². The summed E-state index contributed by atoms with van der Waals surface area (Å²) in [4.78, 5) is 0. The van der Waals surface area contributed by atoms with Crippen LogP contribution in [0.2, 0.25) is 0 Å². The molecular formula is C21H27N. The van der Waals surface area contributed by atoms with Crippen LogP contribution in [-0.2, 0) is 5.41 Å². The molecule has 0 atom stereocenters. The molecule has 0 saturated heterocycles. The second-order valence-corrected chi connectivity index (χ2v) is 6.43. The molecule has 0 aliphatic heterocycles. The molecule has 1 aromatic carbocycles. The van der Waals surface area contributed by atoms with Crippen LogP contribution in [-0.4, -0.2) is 0 Å². The van der Waals surface area contributed by atoms with Crippen molar-refractivity contribution in [1.82, 2.24) is 0 Å². The van der Waals surface area contributed by atoms with Crippen molar-refractivity contribution >= 4 is 0 Å². The second-order valence-electron chi connectivity index (χ2n) is 6.43. The highest BCUT2D eigenvalue weighted by molar-refractivity contribution is 5.43. The highest BCUT2D eigenvalue weighted by atomic mass is 14.4. The smallest absolute Gasteiger partial charge is 0.0934 e. The number of nitrogens with zero attached hydrogens (tertiary/aromatic N) is 1. The molecule has 1 heteroatoms. The van der Waals surface area contributed by atoms with Crippen molar-refractivity contribution in [2.24, 2.45) is 5.41 Å². The van der Waals surface area contributed by atoms with Gasteiger partial charge in [-0.25, -0.2) is 0 Å². The summed E-state index contributed by atoms with van der Waals surface area (Å²) >= 11 is 0. The van der Waals surface area contributed by atoms with Crippen LogP contribution in [0.5, 0.6) is 0 Å². The summed E-state index contributed by atoms with van der Waals surface area (Å²) in [6.45, 7) is 4.41. The van der Waals surface area contributed by atoms with Crippen LogP contribution in [0, 0.1) is 16.7 Å². The van der Waals surface area contributed by atoms with E-state index in [0.29, 0.717) is 0 Å². The monoisotopic (exact) mass is 293 g/mol. The maximum absolute atomic E-state index is 9.63. The van der Waals surface area contributed by atoms with E-state index in [1.165, 1.54) is 18.4 Å². The van der Waals surface area contributed by atoms with Gasteiger partial charge < -0.3 is 0 Å². The van der Waals surface area contributed by atoms with Gasteiger partial charge in [0.1, 0.15) is 0 Å². The zero-order chi connectivity index (χ0) is 15.9. The fraction of sp³-hybridized carbons (Fsp3) is 0.476. The molecule has 2 rings (SSSR count). The average molecular weight is 293 g/mol. The highest BCUT2D eigenvalue weighted by Crippen LogP contribution is 2.41. The second kappa shape index (κ2) is 7.45. The molecule has 0 amide bonds. The average Bonchev–Trinajstić information content (AvgIpc) is 2.60. The van der Waals surface area contributed by atoms with Gasteiger partial charge in [0.05, 0.1) is 11.5 Å². The molecule has 0 bridgehead atoms. The highest BCUT2D eigenvalue weighted by Gasteiger charge is 2.34. The predicted octanol–water partition coefficient (Wildman–Crippen LogP) is 5.94. The fourth-order valence-corrected chi connectivity index (χ4v) is 3.19. The van der Waals surface area contributed by atoms with Gasteiger partial charge in [0.25, 0.3) is 0 Å². The van der Waals surface area contributed by atoms with Gasteiger partial charge in [0, 0.05) is 5.41 Å². The first-order valence-corrected chi connectivity index (χ1v) is 8.58. The molecular weight excluding hydrogens is 266 g/mol. The van der Waals surface area contributed by atoms with Crippen molar-refractivity contribution < 1.29 is 0 Å². The van der Waals surface area contributed by atoms with Crippen LogP contribution < -0.4 is 0 Å². The van der Waals surface area contributed by atoms with Crippen molar-refractivity contribution in [2.45, 2.75) is 57.8 Å². The first kappa shape index (κ1) is 16.6. The molecule has 1 nitrogen and oxygen atoms in total. The van der Waals surface area contributed by atoms with Crippen LogP contribution in [0.4, 0.5) is 0 Å². The maximum atomic E-state index is 9.63. The number of hydrogen-bond donors (Lipinski definition) is 0. The number of benzene rings is 1. The minimum atomic E-state index is -0.402. The summed E-state index contributed by atoms with van der Waals surface area (Å²) in [6.07, 6.45) is 15.5. The molecule has 0 N–H and O–H groups in total. The van der Waals surface area contributed by atoms with Crippen LogP contribution in [0.3, 0.4) is 0 Å². The largest absolute Gasteiger partial charge is 0.197 e. The molecule has 116 valence electrons. The summed E-state index contributed by atoms with van der Waals surface area (Å²) in [5, 5.41) is 9.63. The SMILES string of the molecule is CCCCC1(C#N)C=CC(CCCC)(c2ccccc2)C=C1. The Labute approximate surface area is 135 Å².